The molecule has 1 heterocycles. The van der Waals surface area contributed by atoms with Crippen LogP contribution in [0.25, 0.3) is 0 Å². The predicted molar refractivity (Wildman–Crippen MR) is 71.9 cm³/mol. The normalized spacial score (nSPS) is 12.7. The lowest BCUT2D eigenvalue weighted by Gasteiger charge is -2.10. The zero-order valence-electron chi connectivity index (χ0n) is 8.06. The number of nitrogens with zero attached hydrogens (tertiary/aromatic N) is 1. The van der Waals surface area contributed by atoms with E-state index in [9.17, 15) is 0 Å². The number of hydrogen-bond donors (Lipinski definition) is 1. The summed E-state index contributed by atoms with van der Waals surface area (Å²) in [6, 6.07) is 8.35. The van der Waals surface area contributed by atoms with Crippen LogP contribution >= 0.6 is 33.9 Å². The van der Waals surface area contributed by atoms with Crippen LogP contribution in [0.5, 0.6) is 0 Å². The first-order valence-corrected chi connectivity index (χ1v) is 6.61. The molecule has 1 aromatic carbocycles. The van der Waals surface area contributed by atoms with Crippen molar-refractivity contribution in [3.8, 4) is 0 Å². The number of thiazole rings is 1. The molecule has 0 fully saturated rings. The van der Waals surface area contributed by atoms with Crippen molar-refractivity contribution < 1.29 is 0 Å². The summed E-state index contributed by atoms with van der Waals surface area (Å²) in [5.74, 6) is 0. The Morgan fingerprint density at radius 3 is 3.00 bits per heavy atom. The van der Waals surface area contributed by atoms with Crippen LogP contribution in [0.3, 0.4) is 0 Å². The molecule has 0 saturated heterocycles. The summed E-state index contributed by atoms with van der Waals surface area (Å²) in [5.41, 5.74) is 7.30. The third-order valence-corrected chi connectivity index (χ3v) is 3.63. The van der Waals surface area contributed by atoms with Crippen molar-refractivity contribution in [2.24, 2.45) is 5.73 Å². The molecule has 0 aliphatic heterocycles. The smallest absolute Gasteiger partial charge is 0.0943 e. The lowest BCUT2D eigenvalue weighted by Crippen LogP contribution is -2.13. The van der Waals surface area contributed by atoms with Crippen LogP contribution in [-0.2, 0) is 6.42 Å². The van der Waals surface area contributed by atoms with Crippen LogP contribution in [0, 0.1) is 3.57 Å². The lowest BCUT2D eigenvalue weighted by molar-refractivity contribution is 0.717. The first-order chi connectivity index (χ1) is 7.25. The minimum Gasteiger partial charge on any atom is -0.324 e. The Balaban J connectivity index is 2.11. The summed E-state index contributed by atoms with van der Waals surface area (Å²) in [6.45, 7) is 0. The highest BCUT2D eigenvalue weighted by Gasteiger charge is 2.08. The Bertz CT molecular complexity index is 428. The van der Waals surface area contributed by atoms with Crippen molar-refractivity contribution in [2.45, 2.75) is 12.5 Å². The first kappa shape index (κ1) is 11.0. The van der Waals surface area contributed by atoms with Crippen molar-refractivity contribution in [3.05, 3.63) is 50.0 Å². The SMILES string of the molecule is NC(Cc1nccs1)c1cccc(I)c1. The molecule has 0 aliphatic carbocycles. The van der Waals surface area contributed by atoms with Crippen LogP contribution in [0.4, 0.5) is 0 Å². The van der Waals surface area contributed by atoms with E-state index < -0.39 is 0 Å². The highest BCUT2D eigenvalue weighted by atomic mass is 127. The molecule has 1 aromatic heterocycles. The number of hydrogen-bond acceptors (Lipinski definition) is 3. The van der Waals surface area contributed by atoms with Gasteiger partial charge in [-0.25, -0.2) is 4.98 Å². The molecular formula is C11H11IN2S. The van der Waals surface area contributed by atoms with E-state index in [2.05, 4.69) is 45.8 Å². The molecule has 0 amide bonds. The Kier molecular flexibility index (Phi) is 3.71. The molecule has 2 nitrogen and oxygen atoms in total. The number of nitrogens with two attached hydrogens (primary N) is 1. The van der Waals surface area contributed by atoms with Crippen LogP contribution in [0.1, 0.15) is 16.6 Å². The Morgan fingerprint density at radius 2 is 2.33 bits per heavy atom. The number of halogens is 1. The van der Waals surface area contributed by atoms with Gasteiger partial charge in [-0.1, -0.05) is 12.1 Å². The highest BCUT2D eigenvalue weighted by molar-refractivity contribution is 14.1. The van der Waals surface area contributed by atoms with Gasteiger partial charge in [0.25, 0.3) is 0 Å². The molecule has 2 aromatic rings. The van der Waals surface area contributed by atoms with E-state index in [-0.39, 0.29) is 6.04 Å². The van der Waals surface area contributed by atoms with Crippen LogP contribution in [-0.4, -0.2) is 4.98 Å². The molecule has 0 saturated carbocycles. The van der Waals surface area contributed by atoms with Gasteiger partial charge in [-0.2, -0.15) is 0 Å². The molecule has 0 bridgehead atoms. The maximum absolute atomic E-state index is 6.12. The maximum atomic E-state index is 6.12. The second-order valence-electron chi connectivity index (χ2n) is 3.29. The lowest BCUT2D eigenvalue weighted by atomic mass is 10.1. The molecule has 2 rings (SSSR count). The second-order valence-corrected chi connectivity index (χ2v) is 5.52. The summed E-state index contributed by atoms with van der Waals surface area (Å²) in [5, 5.41) is 3.08. The fourth-order valence-corrected chi connectivity index (χ4v) is 2.64. The summed E-state index contributed by atoms with van der Waals surface area (Å²) in [6.07, 6.45) is 2.64. The summed E-state index contributed by atoms with van der Waals surface area (Å²) in [7, 11) is 0. The minimum atomic E-state index is 0.0471. The van der Waals surface area contributed by atoms with Gasteiger partial charge in [0, 0.05) is 27.6 Å². The highest BCUT2D eigenvalue weighted by Crippen LogP contribution is 2.19. The average Bonchev–Trinajstić information content (AvgIpc) is 2.70. The van der Waals surface area contributed by atoms with Crippen LogP contribution in [0.15, 0.2) is 35.8 Å². The number of benzene rings is 1. The van der Waals surface area contributed by atoms with Gasteiger partial charge in [-0.15, -0.1) is 11.3 Å². The summed E-state index contributed by atoms with van der Waals surface area (Å²) >= 11 is 3.96. The Hall–Kier alpha value is -0.460. The quantitative estimate of drug-likeness (QED) is 0.879. The van der Waals surface area contributed by atoms with E-state index >= 15 is 0 Å². The Morgan fingerprint density at radius 1 is 1.47 bits per heavy atom. The number of aromatic nitrogens is 1. The third-order valence-electron chi connectivity index (χ3n) is 2.15. The monoisotopic (exact) mass is 330 g/mol. The molecular weight excluding hydrogens is 319 g/mol. The standard InChI is InChI=1S/C11H11IN2S/c12-9-3-1-2-8(6-9)10(13)7-11-14-4-5-15-11/h1-6,10H,7,13H2. The van der Waals surface area contributed by atoms with Gasteiger partial charge in [0.2, 0.25) is 0 Å². The van der Waals surface area contributed by atoms with E-state index in [1.54, 1.807) is 11.3 Å². The predicted octanol–water partition coefficient (Wildman–Crippen LogP) is 2.99. The largest absolute Gasteiger partial charge is 0.324 e. The Labute approximate surface area is 107 Å². The third kappa shape index (κ3) is 2.99. The van der Waals surface area contributed by atoms with Gasteiger partial charge in [0.05, 0.1) is 5.01 Å². The minimum absolute atomic E-state index is 0.0471. The molecule has 0 radical (unpaired) electrons. The van der Waals surface area contributed by atoms with Crippen LogP contribution < -0.4 is 5.73 Å². The molecule has 4 heteroatoms. The summed E-state index contributed by atoms with van der Waals surface area (Å²) < 4.78 is 1.22. The average molecular weight is 330 g/mol. The van der Waals surface area contributed by atoms with E-state index in [4.69, 9.17) is 5.73 Å². The molecule has 15 heavy (non-hydrogen) atoms. The molecule has 0 spiro atoms. The van der Waals surface area contributed by atoms with Crippen molar-refractivity contribution in [1.29, 1.82) is 0 Å². The molecule has 1 atom stereocenters. The van der Waals surface area contributed by atoms with Crippen molar-refractivity contribution >= 4 is 33.9 Å². The van der Waals surface area contributed by atoms with E-state index in [0.29, 0.717) is 0 Å². The van der Waals surface area contributed by atoms with E-state index in [1.807, 2.05) is 17.6 Å². The zero-order valence-corrected chi connectivity index (χ0v) is 11.0. The fraction of sp³-hybridized carbons (Fsp3) is 0.182. The second kappa shape index (κ2) is 5.05. The van der Waals surface area contributed by atoms with Crippen molar-refractivity contribution in [3.63, 3.8) is 0 Å². The van der Waals surface area contributed by atoms with Crippen molar-refractivity contribution in [2.75, 3.05) is 0 Å². The molecule has 0 aliphatic rings. The van der Waals surface area contributed by atoms with Gasteiger partial charge in [-0.05, 0) is 40.3 Å². The van der Waals surface area contributed by atoms with Crippen molar-refractivity contribution in [1.82, 2.24) is 4.98 Å². The summed E-state index contributed by atoms with van der Waals surface area (Å²) in [4.78, 5) is 4.24. The molecule has 78 valence electrons. The van der Waals surface area contributed by atoms with Gasteiger partial charge in [-0.3, -0.25) is 0 Å². The van der Waals surface area contributed by atoms with Gasteiger partial charge < -0.3 is 5.73 Å². The first-order valence-electron chi connectivity index (χ1n) is 4.65. The van der Waals surface area contributed by atoms with E-state index in [1.165, 1.54) is 9.13 Å². The van der Waals surface area contributed by atoms with Gasteiger partial charge in [0.15, 0.2) is 0 Å². The van der Waals surface area contributed by atoms with E-state index in [0.717, 1.165) is 11.4 Å². The van der Waals surface area contributed by atoms with Gasteiger partial charge >= 0.3 is 0 Å². The molecule has 2 N–H and O–H groups in total. The molecule has 1 unspecified atom stereocenters. The van der Waals surface area contributed by atoms with Gasteiger partial charge in [0.1, 0.15) is 0 Å². The number of rotatable bonds is 3. The topological polar surface area (TPSA) is 38.9 Å². The zero-order chi connectivity index (χ0) is 10.7. The van der Waals surface area contributed by atoms with Crippen LogP contribution in [0.2, 0.25) is 0 Å². The fourth-order valence-electron chi connectivity index (χ4n) is 1.40. The maximum Gasteiger partial charge on any atom is 0.0943 e.